The number of nitrogens with one attached hydrogen (secondary N) is 1. The van der Waals surface area contributed by atoms with Crippen molar-refractivity contribution in [2.75, 3.05) is 0 Å². The summed E-state index contributed by atoms with van der Waals surface area (Å²) in [5.41, 5.74) is 3.30. The molecule has 5 nitrogen and oxygen atoms in total. The van der Waals surface area contributed by atoms with Crippen LogP contribution in [0.5, 0.6) is 5.75 Å². The molecule has 0 saturated heterocycles. The normalized spacial score (nSPS) is 11.5. The SMILES string of the molecule is O=C(N/N=C\c1ccccc1OCc1cccc2ccccc12)C(O)(c1ccccc1)c1ccccc1. The smallest absolute Gasteiger partial charge is 0.281 e. The molecule has 1 amide bonds. The Bertz CT molecular complexity index is 1490. The van der Waals surface area contributed by atoms with Gasteiger partial charge in [-0.15, -0.1) is 0 Å². The molecule has 0 unspecified atom stereocenters. The molecule has 0 aliphatic rings. The van der Waals surface area contributed by atoms with Crippen LogP contribution < -0.4 is 10.2 Å². The molecule has 0 radical (unpaired) electrons. The molecular formula is C32H26N2O3. The minimum atomic E-state index is -1.90. The molecule has 0 aliphatic heterocycles. The zero-order valence-electron chi connectivity index (χ0n) is 20.1. The van der Waals surface area contributed by atoms with Crippen LogP contribution >= 0.6 is 0 Å². The van der Waals surface area contributed by atoms with E-state index in [9.17, 15) is 9.90 Å². The molecule has 182 valence electrons. The lowest BCUT2D eigenvalue weighted by molar-refractivity contribution is -0.136. The number of hydrogen-bond acceptors (Lipinski definition) is 4. The number of hydrazone groups is 1. The van der Waals surface area contributed by atoms with Crippen molar-refractivity contribution in [2.24, 2.45) is 5.10 Å². The Morgan fingerprint density at radius 2 is 1.35 bits per heavy atom. The van der Waals surface area contributed by atoms with Crippen LogP contribution in [0.25, 0.3) is 10.8 Å². The largest absolute Gasteiger partial charge is 0.488 e. The maximum absolute atomic E-state index is 13.3. The second-order valence-corrected chi connectivity index (χ2v) is 8.61. The van der Waals surface area contributed by atoms with Gasteiger partial charge in [-0.05, 0) is 39.6 Å². The van der Waals surface area contributed by atoms with Gasteiger partial charge in [-0.25, -0.2) is 5.43 Å². The molecule has 5 rings (SSSR count). The van der Waals surface area contributed by atoms with Crippen LogP contribution in [0.15, 0.2) is 132 Å². The molecule has 0 fully saturated rings. The molecule has 0 heterocycles. The number of aliphatic hydroxyl groups is 1. The Balaban J connectivity index is 1.34. The van der Waals surface area contributed by atoms with E-state index in [0.717, 1.165) is 16.3 Å². The number of amides is 1. The first-order valence-electron chi connectivity index (χ1n) is 12.0. The summed E-state index contributed by atoms with van der Waals surface area (Å²) in [6, 6.07) is 39.5. The van der Waals surface area contributed by atoms with Crippen LogP contribution in [-0.2, 0) is 17.0 Å². The number of hydrogen-bond donors (Lipinski definition) is 2. The van der Waals surface area contributed by atoms with Crippen molar-refractivity contribution < 1.29 is 14.6 Å². The molecule has 5 aromatic rings. The minimum absolute atomic E-state index is 0.389. The lowest BCUT2D eigenvalue weighted by Gasteiger charge is -2.27. The van der Waals surface area contributed by atoms with Crippen LogP contribution in [0.4, 0.5) is 0 Å². The summed E-state index contributed by atoms with van der Waals surface area (Å²) in [6.07, 6.45) is 1.52. The van der Waals surface area contributed by atoms with E-state index in [4.69, 9.17) is 4.74 Å². The molecule has 0 aromatic heterocycles. The van der Waals surface area contributed by atoms with Gasteiger partial charge in [0.15, 0.2) is 5.60 Å². The number of rotatable bonds is 8. The van der Waals surface area contributed by atoms with Crippen molar-refractivity contribution in [3.8, 4) is 5.75 Å². The molecule has 0 spiro atoms. The number of para-hydroxylation sites is 1. The van der Waals surface area contributed by atoms with Gasteiger partial charge in [-0.2, -0.15) is 5.10 Å². The summed E-state index contributed by atoms with van der Waals surface area (Å²) in [4.78, 5) is 13.3. The number of ether oxygens (including phenoxy) is 1. The van der Waals surface area contributed by atoms with Crippen molar-refractivity contribution in [3.63, 3.8) is 0 Å². The molecular weight excluding hydrogens is 460 g/mol. The van der Waals surface area contributed by atoms with Gasteiger partial charge in [0, 0.05) is 5.56 Å². The quantitative estimate of drug-likeness (QED) is 0.215. The van der Waals surface area contributed by atoms with Crippen LogP contribution in [0, 0.1) is 0 Å². The van der Waals surface area contributed by atoms with Crippen LogP contribution in [-0.4, -0.2) is 17.2 Å². The Labute approximate surface area is 215 Å². The van der Waals surface area contributed by atoms with E-state index in [1.165, 1.54) is 6.21 Å². The lowest BCUT2D eigenvalue weighted by Crippen LogP contribution is -2.43. The summed E-state index contributed by atoms with van der Waals surface area (Å²) in [5.74, 6) is -0.0230. The number of carbonyl (C=O) groups is 1. The highest BCUT2D eigenvalue weighted by Crippen LogP contribution is 2.30. The summed E-state index contributed by atoms with van der Waals surface area (Å²) >= 11 is 0. The van der Waals surface area contributed by atoms with Gasteiger partial charge in [0.1, 0.15) is 12.4 Å². The van der Waals surface area contributed by atoms with Crippen LogP contribution in [0.2, 0.25) is 0 Å². The summed E-state index contributed by atoms with van der Waals surface area (Å²) in [7, 11) is 0. The van der Waals surface area contributed by atoms with Gasteiger partial charge in [0.2, 0.25) is 0 Å². The molecule has 0 aliphatic carbocycles. The molecule has 0 bridgehead atoms. The Hall–Kier alpha value is -4.74. The van der Waals surface area contributed by atoms with Gasteiger partial charge in [0.25, 0.3) is 5.91 Å². The first kappa shape index (κ1) is 24.0. The highest BCUT2D eigenvalue weighted by Gasteiger charge is 2.39. The fourth-order valence-electron chi connectivity index (χ4n) is 4.32. The van der Waals surface area contributed by atoms with Crippen LogP contribution in [0.1, 0.15) is 22.3 Å². The van der Waals surface area contributed by atoms with Crippen molar-refractivity contribution >= 4 is 22.9 Å². The predicted octanol–water partition coefficient (Wildman–Crippen LogP) is 5.81. The molecule has 2 N–H and O–H groups in total. The zero-order chi connectivity index (χ0) is 25.5. The first-order chi connectivity index (χ1) is 18.2. The maximum Gasteiger partial charge on any atom is 0.281 e. The average molecular weight is 487 g/mol. The molecule has 0 saturated carbocycles. The number of fused-ring (bicyclic) bond motifs is 1. The Morgan fingerprint density at radius 3 is 2.08 bits per heavy atom. The highest BCUT2D eigenvalue weighted by molar-refractivity contribution is 5.91. The number of benzene rings is 5. The van der Waals surface area contributed by atoms with E-state index in [-0.39, 0.29) is 0 Å². The maximum atomic E-state index is 13.3. The lowest BCUT2D eigenvalue weighted by atomic mass is 9.85. The minimum Gasteiger partial charge on any atom is -0.488 e. The Kier molecular flexibility index (Phi) is 7.06. The van der Waals surface area contributed by atoms with E-state index in [2.05, 4.69) is 28.7 Å². The first-order valence-corrected chi connectivity index (χ1v) is 12.0. The van der Waals surface area contributed by atoms with Crippen molar-refractivity contribution in [3.05, 3.63) is 150 Å². The summed E-state index contributed by atoms with van der Waals surface area (Å²) in [5, 5.41) is 18.0. The van der Waals surface area contributed by atoms with Crippen molar-refractivity contribution in [2.45, 2.75) is 12.2 Å². The molecule has 37 heavy (non-hydrogen) atoms. The van der Waals surface area contributed by atoms with E-state index >= 15 is 0 Å². The third kappa shape index (κ3) is 5.13. The van der Waals surface area contributed by atoms with Gasteiger partial charge >= 0.3 is 0 Å². The monoisotopic (exact) mass is 486 g/mol. The predicted molar refractivity (Wildman–Crippen MR) is 146 cm³/mol. The topological polar surface area (TPSA) is 70.9 Å². The van der Waals surface area contributed by atoms with Crippen molar-refractivity contribution in [1.82, 2.24) is 5.43 Å². The summed E-state index contributed by atoms with van der Waals surface area (Å²) in [6.45, 7) is 0.389. The standard InChI is InChI=1S/C32H26N2O3/c35-31(32(36,27-16-3-1-4-17-27)28-18-5-2-6-19-28)34-33-22-25-13-8-10-21-30(25)37-23-26-15-11-14-24-12-7-9-20-29(24)26/h1-22,36H,23H2,(H,34,35)/b33-22-. The van der Waals surface area contributed by atoms with E-state index < -0.39 is 11.5 Å². The highest BCUT2D eigenvalue weighted by atomic mass is 16.5. The fourth-order valence-corrected chi connectivity index (χ4v) is 4.32. The van der Waals surface area contributed by atoms with Gasteiger partial charge in [-0.1, -0.05) is 115 Å². The van der Waals surface area contributed by atoms with Gasteiger partial charge < -0.3 is 9.84 Å². The fraction of sp³-hybridized carbons (Fsp3) is 0.0625. The average Bonchev–Trinajstić information content (AvgIpc) is 2.97. The zero-order valence-corrected chi connectivity index (χ0v) is 20.1. The molecule has 5 aromatic carbocycles. The van der Waals surface area contributed by atoms with E-state index in [1.54, 1.807) is 48.5 Å². The third-order valence-electron chi connectivity index (χ3n) is 6.26. The molecule has 5 heteroatoms. The number of nitrogens with zero attached hydrogens (tertiary/aromatic N) is 1. The van der Waals surface area contributed by atoms with Crippen LogP contribution in [0.3, 0.4) is 0 Å². The number of carbonyl (C=O) groups excluding carboxylic acids is 1. The van der Waals surface area contributed by atoms with E-state index in [0.29, 0.717) is 29.0 Å². The van der Waals surface area contributed by atoms with E-state index in [1.807, 2.05) is 60.7 Å². The second kappa shape index (κ2) is 10.9. The van der Waals surface area contributed by atoms with Crippen molar-refractivity contribution in [1.29, 1.82) is 0 Å². The summed E-state index contributed by atoms with van der Waals surface area (Å²) < 4.78 is 6.14. The molecule has 0 atom stereocenters. The second-order valence-electron chi connectivity index (χ2n) is 8.61. The van der Waals surface area contributed by atoms with Gasteiger partial charge in [0.05, 0.1) is 6.21 Å². The van der Waals surface area contributed by atoms with Gasteiger partial charge in [-0.3, -0.25) is 4.79 Å². The third-order valence-corrected chi connectivity index (χ3v) is 6.26. The Morgan fingerprint density at radius 1 is 0.757 bits per heavy atom.